The molecule has 1 aliphatic carbocycles. The number of hydrogen-bond donors (Lipinski definition) is 0. The normalized spacial score (nSPS) is 16.7. The van der Waals surface area contributed by atoms with Crippen LogP contribution in [0.4, 0.5) is 4.79 Å². The molecule has 1 aliphatic rings. The number of benzene rings is 1. The van der Waals surface area contributed by atoms with Gasteiger partial charge in [0, 0.05) is 13.5 Å². The molecule has 0 radical (unpaired) electrons. The van der Waals surface area contributed by atoms with Gasteiger partial charge in [-0.05, 0) is 44.3 Å². The molecule has 2 aromatic rings. The molecule has 1 unspecified atom stereocenters. The van der Waals surface area contributed by atoms with E-state index in [1.165, 1.54) is 0 Å². The molecule has 26 heavy (non-hydrogen) atoms. The second-order valence-electron chi connectivity index (χ2n) is 7.60. The third-order valence-corrected chi connectivity index (χ3v) is 4.35. The summed E-state index contributed by atoms with van der Waals surface area (Å²) in [6, 6.07) is 9.73. The summed E-state index contributed by atoms with van der Waals surface area (Å²) in [6.45, 7) is 5.99. The number of ether oxygens (including phenoxy) is 2. The summed E-state index contributed by atoms with van der Waals surface area (Å²) in [5.41, 5.74) is 1.38. The fraction of sp³-hybridized carbons (Fsp3) is 0.500. The van der Waals surface area contributed by atoms with Gasteiger partial charge in [-0.25, -0.2) is 4.79 Å². The first-order chi connectivity index (χ1) is 12.3. The first-order valence-corrected chi connectivity index (χ1v) is 8.96. The van der Waals surface area contributed by atoms with Crippen molar-refractivity contribution in [2.45, 2.75) is 58.3 Å². The number of fused-ring (bicyclic) bond motifs is 1. The molecule has 0 spiro atoms. The van der Waals surface area contributed by atoms with Crippen molar-refractivity contribution in [3.63, 3.8) is 0 Å². The first kappa shape index (κ1) is 18.3. The van der Waals surface area contributed by atoms with Gasteiger partial charge in [-0.2, -0.15) is 0 Å². The molecule has 0 saturated carbocycles. The van der Waals surface area contributed by atoms with Gasteiger partial charge in [0.2, 0.25) is 0 Å². The summed E-state index contributed by atoms with van der Waals surface area (Å²) in [7, 11) is 1.75. The molecule has 1 aromatic heterocycles. The van der Waals surface area contributed by atoms with Gasteiger partial charge < -0.3 is 18.9 Å². The van der Waals surface area contributed by atoms with Crippen LogP contribution in [0.2, 0.25) is 0 Å². The lowest BCUT2D eigenvalue weighted by molar-refractivity contribution is 0.0200. The van der Waals surface area contributed by atoms with Gasteiger partial charge in [-0.15, -0.1) is 0 Å². The standard InChI is InChI=1S/C20H26N2O4/c1-20(2,3)25-19(23)22(4)15-11-8-12-16-17(15)18(21-26-16)24-13-14-9-6-5-7-10-14/h5-7,9-10,15H,8,11-13H2,1-4H3. The minimum atomic E-state index is -0.538. The second kappa shape index (κ2) is 7.40. The molecule has 0 N–H and O–H groups in total. The van der Waals surface area contributed by atoms with Gasteiger partial charge in [0.05, 0.1) is 11.6 Å². The Kier molecular flexibility index (Phi) is 5.20. The minimum absolute atomic E-state index is 0.161. The maximum absolute atomic E-state index is 12.5. The molecule has 140 valence electrons. The van der Waals surface area contributed by atoms with Gasteiger partial charge in [-0.3, -0.25) is 0 Å². The van der Waals surface area contributed by atoms with E-state index >= 15 is 0 Å². The molecule has 6 heteroatoms. The second-order valence-corrected chi connectivity index (χ2v) is 7.60. The highest BCUT2D eigenvalue weighted by atomic mass is 16.6. The summed E-state index contributed by atoms with van der Waals surface area (Å²) in [4.78, 5) is 14.1. The number of carbonyl (C=O) groups excluding carboxylic acids is 1. The van der Waals surface area contributed by atoms with Crippen LogP contribution in [0.5, 0.6) is 5.88 Å². The van der Waals surface area contributed by atoms with Crippen molar-refractivity contribution in [3.8, 4) is 5.88 Å². The molecule has 0 saturated heterocycles. The lowest BCUT2D eigenvalue weighted by Gasteiger charge is -2.32. The lowest BCUT2D eigenvalue weighted by Crippen LogP contribution is -2.37. The first-order valence-electron chi connectivity index (χ1n) is 8.96. The quantitative estimate of drug-likeness (QED) is 0.805. The highest BCUT2D eigenvalue weighted by Crippen LogP contribution is 2.40. The van der Waals surface area contributed by atoms with E-state index in [0.29, 0.717) is 12.5 Å². The maximum Gasteiger partial charge on any atom is 0.410 e. The summed E-state index contributed by atoms with van der Waals surface area (Å²) < 4.78 is 16.9. The van der Waals surface area contributed by atoms with Crippen LogP contribution in [0.15, 0.2) is 34.9 Å². The van der Waals surface area contributed by atoms with Gasteiger partial charge in [0.25, 0.3) is 5.88 Å². The number of nitrogens with zero attached hydrogens (tertiary/aromatic N) is 2. The van der Waals surface area contributed by atoms with Crippen molar-refractivity contribution in [2.24, 2.45) is 0 Å². The zero-order chi connectivity index (χ0) is 18.7. The zero-order valence-electron chi connectivity index (χ0n) is 15.8. The van der Waals surface area contributed by atoms with Crippen molar-refractivity contribution in [2.75, 3.05) is 7.05 Å². The van der Waals surface area contributed by atoms with E-state index in [-0.39, 0.29) is 12.1 Å². The number of carbonyl (C=O) groups is 1. The Morgan fingerprint density at radius 1 is 1.31 bits per heavy atom. The average molecular weight is 358 g/mol. The van der Waals surface area contributed by atoms with Crippen LogP contribution in [-0.2, 0) is 17.8 Å². The van der Waals surface area contributed by atoms with Gasteiger partial charge >= 0.3 is 6.09 Å². The zero-order valence-corrected chi connectivity index (χ0v) is 15.8. The summed E-state index contributed by atoms with van der Waals surface area (Å²) in [6.07, 6.45) is 2.20. The van der Waals surface area contributed by atoms with Gasteiger partial charge in [0.15, 0.2) is 0 Å². The van der Waals surface area contributed by atoms with E-state index in [1.807, 2.05) is 51.1 Å². The molecule has 0 fully saturated rings. The predicted octanol–water partition coefficient (Wildman–Crippen LogP) is 4.50. The molecule has 6 nitrogen and oxygen atoms in total. The van der Waals surface area contributed by atoms with Crippen LogP contribution >= 0.6 is 0 Å². The number of hydrogen-bond acceptors (Lipinski definition) is 5. The topological polar surface area (TPSA) is 64.8 Å². The molecular weight excluding hydrogens is 332 g/mol. The van der Waals surface area contributed by atoms with Crippen LogP contribution in [0.1, 0.15) is 56.5 Å². The van der Waals surface area contributed by atoms with E-state index in [2.05, 4.69) is 5.16 Å². The Bertz CT molecular complexity index is 749. The molecule has 1 amide bonds. The fourth-order valence-corrected chi connectivity index (χ4v) is 3.10. The lowest BCUT2D eigenvalue weighted by atomic mass is 9.92. The number of aromatic nitrogens is 1. The summed E-state index contributed by atoms with van der Waals surface area (Å²) in [5, 5.41) is 4.10. The van der Waals surface area contributed by atoms with Crippen LogP contribution in [0.3, 0.4) is 0 Å². The smallest absolute Gasteiger partial charge is 0.410 e. The Balaban J connectivity index is 1.77. The summed E-state index contributed by atoms with van der Waals surface area (Å²) in [5.74, 6) is 1.25. The van der Waals surface area contributed by atoms with E-state index in [1.54, 1.807) is 11.9 Å². The Labute approximate surface area is 154 Å². The van der Waals surface area contributed by atoms with Crippen LogP contribution in [-0.4, -0.2) is 28.8 Å². The van der Waals surface area contributed by atoms with E-state index in [4.69, 9.17) is 14.0 Å². The van der Waals surface area contributed by atoms with Crippen LogP contribution in [0.25, 0.3) is 0 Å². The minimum Gasteiger partial charge on any atom is -0.470 e. The van der Waals surface area contributed by atoms with E-state index in [0.717, 1.165) is 36.1 Å². The van der Waals surface area contributed by atoms with Crippen molar-refractivity contribution < 1.29 is 18.8 Å². The largest absolute Gasteiger partial charge is 0.470 e. The molecule has 0 aliphatic heterocycles. The molecule has 0 bridgehead atoms. The van der Waals surface area contributed by atoms with Gasteiger partial charge in [-0.1, -0.05) is 30.3 Å². The van der Waals surface area contributed by atoms with Gasteiger partial charge in [0.1, 0.15) is 18.0 Å². The Morgan fingerprint density at radius 3 is 2.73 bits per heavy atom. The Hall–Kier alpha value is -2.50. The van der Waals surface area contributed by atoms with E-state index < -0.39 is 5.60 Å². The fourth-order valence-electron chi connectivity index (χ4n) is 3.10. The number of aryl methyl sites for hydroxylation is 1. The highest BCUT2D eigenvalue weighted by Gasteiger charge is 2.35. The molecular formula is C20H26N2O4. The maximum atomic E-state index is 12.5. The third kappa shape index (κ3) is 4.18. The van der Waals surface area contributed by atoms with E-state index in [9.17, 15) is 4.79 Å². The molecule has 3 rings (SSSR count). The van der Waals surface area contributed by atoms with Crippen LogP contribution < -0.4 is 4.74 Å². The third-order valence-electron chi connectivity index (χ3n) is 4.35. The average Bonchev–Trinajstić information content (AvgIpc) is 3.02. The highest BCUT2D eigenvalue weighted by molar-refractivity contribution is 5.68. The number of rotatable bonds is 4. The van der Waals surface area contributed by atoms with Crippen molar-refractivity contribution >= 4 is 6.09 Å². The monoisotopic (exact) mass is 358 g/mol. The molecule has 1 atom stereocenters. The predicted molar refractivity (Wildman–Crippen MR) is 97.0 cm³/mol. The van der Waals surface area contributed by atoms with Crippen molar-refractivity contribution in [1.29, 1.82) is 0 Å². The molecule has 1 heterocycles. The van der Waals surface area contributed by atoms with Crippen LogP contribution in [0, 0.1) is 0 Å². The van der Waals surface area contributed by atoms with Crippen molar-refractivity contribution in [3.05, 3.63) is 47.2 Å². The SMILES string of the molecule is CN(C(=O)OC(C)(C)C)C1CCCc2onc(OCc3ccccc3)c21. The Morgan fingerprint density at radius 2 is 2.04 bits per heavy atom. The van der Waals surface area contributed by atoms with Crippen molar-refractivity contribution in [1.82, 2.24) is 10.1 Å². The summed E-state index contributed by atoms with van der Waals surface area (Å²) >= 11 is 0. The number of amides is 1. The molecule has 1 aromatic carbocycles.